The maximum atomic E-state index is 11.8. The van der Waals surface area contributed by atoms with Crippen LogP contribution in [-0.2, 0) is 11.3 Å². The third-order valence-corrected chi connectivity index (χ3v) is 2.57. The van der Waals surface area contributed by atoms with Crippen molar-refractivity contribution in [3.8, 4) is 6.07 Å². The van der Waals surface area contributed by atoms with Gasteiger partial charge in [-0.2, -0.15) is 5.26 Å². The molecular formula is C15H18N2O. The molecule has 1 amide bonds. The fourth-order valence-electron chi connectivity index (χ4n) is 1.69. The van der Waals surface area contributed by atoms with Crippen molar-refractivity contribution in [2.24, 2.45) is 0 Å². The predicted molar refractivity (Wildman–Crippen MR) is 71.7 cm³/mol. The SMILES string of the molecule is CC=CC(=O)N(CCC)Cc1ccc(C#N)cc1. The second kappa shape index (κ2) is 7.29. The zero-order valence-electron chi connectivity index (χ0n) is 10.9. The first-order valence-electron chi connectivity index (χ1n) is 6.12. The Morgan fingerprint density at radius 3 is 2.56 bits per heavy atom. The molecule has 0 atom stereocenters. The summed E-state index contributed by atoms with van der Waals surface area (Å²) in [6.45, 7) is 5.21. The molecule has 0 aliphatic heterocycles. The molecule has 0 N–H and O–H groups in total. The number of benzene rings is 1. The van der Waals surface area contributed by atoms with E-state index in [0.717, 1.165) is 18.5 Å². The van der Waals surface area contributed by atoms with Crippen molar-refractivity contribution in [2.45, 2.75) is 26.8 Å². The lowest BCUT2D eigenvalue weighted by molar-refractivity contribution is -0.126. The molecule has 1 aromatic carbocycles. The van der Waals surface area contributed by atoms with Gasteiger partial charge in [0, 0.05) is 13.1 Å². The number of nitriles is 1. The Morgan fingerprint density at radius 2 is 2.06 bits per heavy atom. The van der Waals surface area contributed by atoms with Crippen molar-refractivity contribution in [3.05, 3.63) is 47.5 Å². The quantitative estimate of drug-likeness (QED) is 0.745. The van der Waals surface area contributed by atoms with Crippen LogP contribution in [0.25, 0.3) is 0 Å². The number of hydrogen-bond donors (Lipinski definition) is 0. The second-order valence-electron chi connectivity index (χ2n) is 4.07. The van der Waals surface area contributed by atoms with Crippen LogP contribution in [0.3, 0.4) is 0 Å². The van der Waals surface area contributed by atoms with Gasteiger partial charge in [0.2, 0.25) is 5.91 Å². The maximum absolute atomic E-state index is 11.8. The second-order valence-corrected chi connectivity index (χ2v) is 4.07. The average molecular weight is 242 g/mol. The van der Waals surface area contributed by atoms with Crippen LogP contribution in [0.4, 0.5) is 0 Å². The smallest absolute Gasteiger partial charge is 0.246 e. The predicted octanol–water partition coefficient (Wildman–Crippen LogP) is 2.87. The molecule has 94 valence electrons. The Balaban J connectivity index is 2.76. The fourth-order valence-corrected chi connectivity index (χ4v) is 1.69. The number of allylic oxidation sites excluding steroid dienone is 1. The van der Waals surface area contributed by atoms with E-state index < -0.39 is 0 Å². The summed E-state index contributed by atoms with van der Waals surface area (Å²) in [5, 5.41) is 8.73. The van der Waals surface area contributed by atoms with E-state index >= 15 is 0 Å². The van der Waals surface area contributed by atoms with Crippen molar-refractivity contribution in [2.75, 3.05) is 6.54 Å². The van der Waals surface area contributed by atoms with Gasteiger partial charge < -0.3 is 4.90 Å². The number of carbonyl (C=O) groups excluding carboxylic acids is 1. The van der Waals surface area contributed by atoms with Gasteiger partial charge in [-0.05, 0) is 37.1 Å². The zero-order valence-corrected chi connectivity index (χ0v) is 10.9. The third kappa shape index (κ3) is 4.06. The monoisotopic (exact) mass is 242 g/mol. The van der Waals surface area contributed by atoms with Gasteiger partial charge in [0.1, 0.15) is 0 Å². The van der Waals surface area contributed by atoms with Gasteiger partial charge in [-0.3, -0.25) is 4.79 Å². The van der Waals surface area contributed by atoms with Crippen molar-refractivity contribution < 1.29 is 4.79 Å². The maximum Gasteiger partial charge on any atom is 0.246 e. The molecule has 0 heterocycles. The summed E-state index contributed by atoms with van der Waals surface area (Å²) >= 11 is 0. The zero-order chi connectivity index (χ0) is 13.4. The van der Waals surface area contributed by atoms with Gasteiger partial charge in [-0.1, -0.05) is 25.1 Å². The summed E-state index contributed by atoms with van der Waals surface area (Å²) in [5.41, 5.74) is 1.68. The molecule has 1 aromatic rings. The van der Waals surface area contributed by atoms with Gasteiger partial charge in [-0.25, -0.2) is 0 Å². The number of hydrogen-bond acceptors (Lipinski definition) is 2. The van der Waals surface area contributed by atoms with Gasteiger partial charge in [0.15, 0.2) is 0 Å². The molecule has 1 rings (SSSR count). The molecule has 0 unspecified atom stereocenters. The summed E-state index contributed by atoms with van der Waals surface area (Å²) in [6, 6.07) is 9.42. The Kier molecular flexibility index (Phi) is 5.66. The highest BCUT2D eigenvalue weighted by atomic mass is 16.2. The topological polar surface area (TPSA) is 44.1 Å². The molecule has 0 radical (unpaired) electrons. The van der Waals surface area contributed by atoms with E-state index in [4.69, 9.17) is 5.26 Å². The van der Waals surface area contributed by atoms with Crippen LogP contribution in [0.5, 0.6) is 0 Å². The summed E-state index contributed by atoms with van der Waals surface area (Å²) in [4.78, 5) is 13.7. The van der Waals surface area contributed by atoms with E-state index in [1.165, 1.54) is 0 Å². The Hall–Kier alpha value is -2.08. The Labute approximate surface area is 108 Å². The Bertz CT molecular complexity index is 454. The van der Waals surface area contributed by atoms with Crippen LogP contribution in [0.15, 0.2) is 36.4 Å². The minimum absolute atomic E-state index is 0.0312. The van der Waals surface area contributed by atoms with Crippen molar-refractivity contribution in [1.29, 1.82) is 5.26 Å². The molecule has 0 aliphatic rings. The minimum atomic E-state index is 0.0312. The van der Waals surface area contributed by atoms with E-state index in [1.54, 1.807) is 29.2 Å². The normalized spacial score (nSPS) is 10.3. The van der Waals surface area contributed by atoms with Gasteiger partial charge in [0.25, 0.3) is 0 Å². The van der Waals surface area contributed by atoms with E-state index in [1.807, 2.05) is 19.1 Å². The molecule has 0 fully saturated rings. The molecule has 0 saturated heterocycles. The molecule has 18 heavy (non-hydrogen) atoms. The standard InChI is InChI=1S/C15H18N2O/c1-3-5-15(18)17(10-4-2)12-14-8-6-13(11-16)7-9-14/h3,5-9H,4,10,12H2,1-2H3. The third-order valence-electron chi connectivity index (χ3n) is 2.57. The number of carbonyl (C=O) groups is 1. The Morgan fingerprint density at radius 1 is 1.39 bits per heavy atom. The molecule has 0 aromatic heterocycles. The average Bonchev–Trinajstić information content (AvgIpc) is 2.39. The van der Waals surface area contributed by atoms with E-state index in [-0.39, 0.29) is 5.91 Å². The fraction of sp³-hybridized carbons (Fsp3) is 0.333. The lowest BCUT2D eigenvalue weighted by atomic mass is 10.1. The van der Waals surface area contributed by atoms with Crippen molar-refractivity contribution in [3.63, 3.8) is 0 Å². The van der Waals surface area contributed by atoms with E-state index in [0.29, 0.717) is 12.1 Å². The lowest BCUT2D eigenvalue weighted by Gasteiger charge is -2.20. The van der Waals surface area contributed by atoms with Gasteiger partial charge >= 0.3 is 0 Å². The van der Waals surface area contributed by atoms with Gasteiger partial charge in [-0.15, -0.1) is 0 Å². The highest BCUT2D eigenvalue weighted by Crippen LogP contribution is 2.08. The largest absolute Gasteiger partial charge is 0.335 e. The van der Waals surface area contributed by atoms with Crippen LogP contribution < -0.4 is 0 Å². The molecule has 0 saturated carbocycles. The number of rotatable bonds is 5. The van der Waals surface area contributed by atoms with Crippen LogP contribution >= 0.6 is 0 Å². The van der Waals surface area contributed by atoms with Crippen molar-refractivity contribution >= 4 is 5.91 Å². The summed E-state index contributed by atoms with van der Waals surface area (Å²) in [5.74, 6) is 0.0312. The first kappa shape index (κ1) is 14.0. The highest BCUT2D eigenvalue weighted by molar-refractivity contribution is 5.87. The van der Waals surface area contributed by atoms with E-state index in [9.17, 15) is 4.79 Å². The van der Waals surface area contributed by atoms with Crippen LogP contribution in [-0.4, -0.2) is 17.4 Å². The van der Waals surface area contributed by atoms with E-state index in [2.05, 4.69) is 13.0 Å². The highest BCUT2D eigenvalue weighted by Gasteiger charge is 2.09. The molecule has 0 bridgehead atoms. The first-order valence-corrected chi connectivity index (χ1v) is 6.12. The molecule has 3 heteroatoms. The summed E-state index contributed by atoms with van der Waals surface area (Å²) in [7, 11) is 0. The number of amides is 1. The minimum Gasteiger partial charge on any atom is -0.335 e. The lowest BCUT2D eigenvalue weighted by Crippen LogP contribution is -2.29. The molecular weight excluding hydrogens is 224 g/mol. The first-order chi connectivity index (χ1) is 8.71. The van der Waals surface area contributed by atoms with Crippen LogP contribution in [0.1, 0.15) is 31.4 Å². The van der Waals surface area contributed by atoms with Crippen molar-refractivity contribution in [1.82, 2.24) is 4.90 Å². The summed E-state index contributed by atoms with van der Waals surface area (Å²) < 4.78 is 0. The summed E-state index contributed by atoms with van der Waals surface area (Å²) in [6.07, 6.45) is 4.27. The van der Waals surface area contributed by atoms with Crippen LogP contribution in [0, 0.1) is 11.3 Å². The molecule has 0 spiro atoms. The number of nitrogens with zero attached hydrogens (tertiary/aromatic N) is 2. The van der Waals surface area contributed by atoms with Crippen LogP contribution in [0.2, 0.25) is 0 Å². The molecule has 0 aliphatic carbocycles. The molecule has 3 nitrogen and oxygen atoms in total. The van der Waals surface area contributed by atoms with Gasteiger partial charge in [0.05, 0.1) is 11.6 Å².